The number of ketones is 1. The topological polar surface area (TPSA) is 35.5 Å². The summed E-state index contributed by atoms with van der Waals surface area (Å²) in [7, 11) is 0. The quantitative estimate of drug-likeness (QED) is 0.733. The molecule has 1 heterocycles. The van der Waals surface area contributed by atoms with Crippen LogP contribution >= 0.6 is 27.5 Å². The first-order valence-electron chi connectivity index (χ1n) is 6.54. The Bertz CT molecular complexity index is 700. The van der Waals surface area contributed by atoms with Gasteiger partial charge in [-0.2, -0.15) is 0 Å². The molecule has 0 spiro atoms. The van der Waals surface area contributed by atoms with E-state index in [2.05, 4.69) is 15.9 Å². The van der Waals surface area contributed by atoms with Crippen LogP contribution in [0.2, 0.25) is 5.02 Å². The summed E-state index contributed by atoms with van der Waals surface area (Å²) in [6.07, 6.45) is 0.831. The van der Waals surface area contributed by atoms with Gasteiger partial charge in [0.1, 0.15) is 0 Å². The van der Waals surface area contributed by atoms with Gasteiger partial charge in [-0.15, -0.1) is 0 Å². The minimum Gasteiger partial charge on any atom is -0.490 e. The van der Waals surface area contributed by atoms with Gasteiger partial charge in [-0.3, -0.25) is 4.79 Å². The first-order chi connectivity index (χ1) is 10.1. The first kappa shape index (κ1) is 14.4. The lowest BCUT2D eigenvalue weighted by Gasteiger charge is -2.10. The maximum Gasteiger partial charge on any atom is 0.194 e. The number of rotatable bonds is 2. The lowest BCUT2D eigenvalue weighted by molar-refractivity contribution is 0.103. The van der Waals surface area contributed by atoms with Gasteiger partial charge in [0, 0.05) is 27.0 Å². The van der Waals surface area contributed by atoms with Crippen molar-refractivity contribution < 1.29 is 14.3 Å². The molecule has 21 heavy (non-hydrogen) atoms. The molecule has 1 aliphatic rings. The van der Waals surface area contributed by atoms with E-state index in [0.29, 0.717) is 45.3 Å². The van der Waals surface area contributed by atoms with Gasteiger partial charge in [0.2, 0.25) is 0 Å². The van der Waals surface area contributed by atoms with E-state index in [9.17, 15) is 4.79 Å². The van der Waals surface area contributed by atoms with Crippen LogP contribution in [0.1, 0.15) is 22.3 Å². The number of carbonyl (C=O) groups excluding carboxylic acids is 1. The van der Waals surface area contributed by atoms with Crippen molar-refractivity contribution in [2.45, 2.75) is 6.42 Å². The van der Waals surface area contributed by atoms with Crippen LogP contribution in [0.4, 0.5) is 0 Å². The van der Waals surface area contributed by atoms with E-state index in [4.69, 9.17) is 21.1 Å². The third-order valence-electron chi connectivity index (χ3n) is 3.18. The van der Waals surface area contributed by atoms with Gasteiger partial charge in [-0.1, -0.05) is 27.5 Å². The Morgan fingerprint density at radius 3 is 2.62 bits per heavy atom. The van der Waals surface area contributed by atoms with E-state index in [1.807, 2.05) is 0 Å². The van der Waals surface area contributed by atoms with Crippen molar-refractivity contribution in [1.82, 2.24) is 0 Å². The molecule has 0 radical (unpaired) electrons. The predicted molar refractivity (Wildman–Crippen MR) is 84.6 cm³/mol. The van der Waals surface area contributed by atoms with E-state index in [0.717, 1.165) is 6.42 Å². The number of hydrogen-bond donors (Lipinski definition) is 0. The van der Waals surface area contributed by atoms with Gasteiger partial charge in [-0.05, 0) is 36.4 Å². The molecule has 0 aliphatic carbocycles. The lowest BCUT2D eigenvalue weighted by atomic mass is 10.0. The van der Waals surface area contributed by atoms with Crippen molar-refractivity contribution in [2.75, 3.05) is 13.2 Å². The zero-order valence-corrected chi connectivity index (χ0v) is 13.4. The molecule has 0 aromatic heterocycles. The molecule has 108 valence electrons. The molecule has 2 aromatic carbocycles. The number of ether oxygens (including phenoxy) is 2. The summed E-state index contributed by atoms with van der Waals surface area (Å²) in [5.74, 6) is 1.17. The van der Waals surface area contributed by atoms with E-state index >= 15 is 0 Å². The summed E-state index contributed by atoms with van der Waals surface area (Å²) in [6, 6.07) is 10.4. The highest BCUT2D eigenvalue weighted by molar-refractivity contribution is 9.10. The Morgan fingerprint density at radius 1 is 1.05 bits per heavy atom. The van der Waals surface area contributed by atoms with Gasteiger partial charge in [0.25, 0.3) is 0 Å². The number of carbonyl (C=O) groups is 1. The summed E-state index contributed by atoms with van der Waals surface area (Å²) < 4.78 is 11.9. The van der Waals surface area contributed by atoms with Crippen molar-refractivity contribution in [3.63, 3.8) is 0 Å². The Labute approximate surface area is 136 Å². The maximum atomic E-state index is 12.6. The third-order valence-corrected chi connectivity index (χ3v) is 4.11. The van der Waals surface area contributed by atoms with Crippen LogP contribution in [0.3, 0.4) is 0 Å². The van der Waals surface area contributed by atoms with Gasteiger partial charge in [0.15, 0.2) is 17.3 Å². The van der Waals surface area contributed by atoms with Gasteiger partial charge < -0.3 is 9.47 Å². The molecule has 0 atom stereocenters. The highest BCUT2D eigenvalue weighted by Crippen LogP contribution is 2.32. The Balaban J connectivity index is 1.98. The molecule has 0 fully saturated rings. The van der Waals surface area contributed by atoms with Crippen molar-refractivity contribution >= 4 is 33.3 Å². The van der Waals surface area contributed by atoms with Crippen LogP contribution in [0.15, 0.2) is 40.9 Å². The summed E-state index contributed by atoms with van der Waals surface area (Å²) in [5, 5.41) is 0.524. The predicted octanol–water partition coefficient (Wildman–Crippen LogP) is 4.49. The monoisotopic (exact) mass is 366 g/mol. The summed E-state index contributed by atoms with van der Waals surface area (Å²) >= 11 is 9.35. The Kier molecular flexibility index (Phi) is 4.17. The third kappa shape index (κ3) is 3.06. The highest BCUT2D eigenvalue weighted by Gasteiger charge is 2.17. The molecule has 0 N–H and O–H groups in total. The molecule has 0 saturated carbocycles. The van der Waals surface area contributed by atoms with E-state index in [1.165, 1.54) is 0 Å². The average molecular weight is 368 g/mol. The number of halogens is 2. The zero-order chi connectivity index (χ0) is 14.8. The highest BCUT2D eigenvalue weighted by atomic mass is 79.9. The molecular weight excluding hydrogens is 356 g/mol. The van der Waals surface area contributed by atoms with Gasteiger partial charge >= 0.3 is 0 Å². The number of benzene rings is 2. The van der Waals surface area contributed by atoms with Crippen LogP contribution in [-0.2, 0) is 0 Å². The van der Waals surface area contributed by atoms with Gasteiger partial charge in [0.05, 0.1) is 13.2 Å². The summed E-state index contributed by atoms with van der Waals surface area (Å²) in [5.41, 5.74) is 1.07. The fourth-order valence-electron chi connectivity index (χ4n) is 2.13. The van der Waals surface area contributed by atoms with Crippen LogP contribution < -0.4 is 9.47 Å². The van der Waals surface area contributed by atoms with E-state index in [-0.39, 0.29) is 5.78 Å². The fraction of sp³-hybridized carbons (Fsp3) is 0.188. The smallest absolute Gasteiger partial charge is 0.194 e. The van der Waals surface area contributed by atoms with Crippen LogP contribution in [-0.4, -0.2) is 19.0 Å². The molecule has 0 bridgehead atoms. The zero-order valence-electron chi connectivity index (χ0n) is 11.1. The average Bonchev–Trinajstić information content (AvgIpc) is 2.73. The SMILES string of the molecule is O=C(c1ccc2c(c1)OCCCO2)c1cc(Cl)ccc1Br. The van der Waals surface area contributed by atoms with Crippen molar-refractivity contribution in [2.24, 2.45) is 0 Å². The second-order valence-corrected chi connectivity index (χ2v) is 5.96. The molecular formula is C16H12BrClO3. The minimum absolute atomic E-state index is 0.111. The summed E-state index contributed by atoms with van der Waals surface area (Å²) in [6.45, 7) is 1.21. The van der Waals surface area contributed by atoms with Crippen LogP contribution in [0.25, 0.3) is 0 Å². The molecule has 0 amide bonds. The number of hydrogen-bond acceptors (Lipinski definition) is 3. The Morgan fingerprint density at radius 2 is 1.81 bits per heavy atom. The largest absolute Gasteiger partial charge is 0.490 e. The molecule has 0 unspecified atom stereocenters. The molecule has 1 aliphatic heterocycles. The lowest BCUT2D eigenvalue weighted by Crippen LogP contribution is -2.03. The van der Waals surface area contributed by atoms with Crippen LogP contribution in [0, 0.1) is 0 Å². The summed E-state index contributed by atoms with van der Waals surface area (Å²) in [4.78, 5) is 12.6. The number of fused-ring (bicyclic) bond motifs is 1. The Hall–Kier alpha value is -1.52. The standard InChI is InChI=1S/C16H12BrClO3/c17-13-4-3-11(18)9-12(13)16(19)10-2-5-14-15(8-10)21-7-1-6-20-14/h2-5,8-9H,1,6-7H2. The van der Waals surface area contributed by atoms with E-state index < -0.39 is 0 Å². The second kappa shape index (κ2) is 6.08. The van der Waals surface area contributed by atoms with Crippen molar-refractivity contribution in [1.29, 1.82) is 0 Å². The van der Waals surface area contributed by atoms with Crippen molar-refractivity contribution in [3.05, 3.63) is 57.0 Å². The fourth-order valence-corrected chi connectivity index (χ4v) is 2.73. The van der Waals surface area contributed by atoms with Crippen LogP contribution in [0.5, 0.6) is 11.5 Å². The maximum absolute atomic E-state index is 12.6. The molecule has 2 aromatic rings. The van der Waals surface area contributed by atoms with E-state index in [1.54, 1.807) is 36.4 Å². The molecule has 5 heteroatoms. The molecule has 3 nitrogen and oxygen atoms in total. The molecule has 0 saturated heterocycles. The minimum atomic E-state index is -0.111. The first-order valence-corrected chi connectivity index (χ1v) is 7.71. The second-order valence-electron chi connectivity index (χ2n) is 4.67. The normalized spacial score (nSPS) is 13.6. The molecule has 3 rings (SSSR count). The van der Waals surface area contributed by atoms with Gasteiger partial charge in [-0.25, -0.2) is 0 Å². The van der Waals surface area contributed by atoms with Crippen molar-refractivity contribution in [3.8, 4) is 11.5 Å².